The lowest BCUT2D eigenvalue weighted by Crippen LogP contribution is -2.26. The molecule has 2 N–H and O–H groups in total. The van der Waals surface area contributed by atoms with Gasteiger partial charge in [-0.1, -0.05) is 123 Å². The van der Waals surface area contributed by atoms with Crippen LogP contribution >= 0.6 is 21.6 Å². The van der Waals surface area contributed by atoms with Crippen LogP contribution in [0.25, 0.3) is 0 Å². The van der Waals surface area contributed by atoms with Crippen molar-refractivity contribution in [2.45, 2.75) is 89.6 Å². The molecule has 38 heavy (non-hydrogen) atoms. The van der Waals surface area contributed by atoms with Gasteiger partial charge in [0.25, 0.3) is 0 Å². The molecule has 0 saturated carbocycles. The molecule has 2 aromatic rings. The molecule has 2 rings (SSSR count). The summed E-state index contributed by atoms with van der Waals surface area (Å²) >= 11 is 0. The Morgan fingerprint density at radius 3 is 1.29 bits per heavy atom. The van der Waals surface area contributed by atoms with E-state index in [9.17, 15) is 19.8 Å². The number of rotatable bonds is 19. The molecule has 0 aliphatic rings. The lowest BCUT2D eigenvalue weighted by molar-refractivity contribution is -0.144. The number of carbonyl (C=O) groups is 2. The van der Waals surface area contributed by atoms with Crippen LogP contribution in [0.15, 0.2) is 60.7 Å². The minimum absolute atomic E-state index is 0.119. The van der Waals surface area contributed by atoms with E-state index >= 15 is 0 Å². The maximum atomic E-state index is 12.2. The van der Waals surface area contributed by atoms with E-state index in [0.717, 1.165) is 38.5 Å². The van der Waals surface area contributed by atoms with Gasteiger partial charge in [0.2, 0.25) is 0 Å². The first-order valence-electron chi connectivity index (χ1n) is 14.1. The van der Waals surface area contributed by atoms with Crippen molar-refractivity contribution in [3.05, 3.63) is 71.8 Å². The first-order valence-corrected chi connectivity index (χ1v) is 16.4. The van der Waals surface area contributed by atoms with Crippen LogP contribution in [0.5, 0.6) is 0 Å². The van der Waals surface area contributed by atoms with Crippen LogP contribution in [0.2, 0.25) is 0 Å². The monoisotopic (exact) mass is 558 g/mol. The van der Waals surface area contributed by atoms with Crippen LogP contribution in [0.3, 0.4) is 0 Å². The number of hydrogen-bond acceptors (Lipinski definition) is 4. The van der Waals surface area contributed by atoms with Crippen molar-refractivity contribution in [1.82, 2.24) is 0 Å². The van der Waals surface area contributed by atoms with E-state index in [0.29, 0.717) is 12.8 Å². The van der Waals surface area contributed by atoms with Gasteiger partial charge in [-0.3, -0.25) is 9.59 Å². The van der Waals surface area contributed by atoms with E-state index in [2.05, 4.69) is 38.1 Å². The van der Waals surface area contributed by atoms with Crippen molar-refractivity contribution in [1.29, 1.82) is 0 Å². The highest BCUT2D eigenvalue weighted by molar-refractivity contribution is 8.77. The van der Waals surface area contributed by atoms with Crippen molar-refractivity contribution in [3.63, 3.8) is 0 Å². The molecule has 0 amide bonds. The Morgan fingerprint density at radius 2 is 1.00 bits per heavy atom. The molecule has 0 saturated heterocycles. The lowest BCUT2D eigenvalue weighted by atomic mass is 9.87. The van der Waals surface area contributed by atoms with E-state index in [1.165, 1.54) is 11.1 Å². The standard InChI is InChI=1S/C32H46O4S2/c1-5-23(3)29(31(33)34)21-27(19-17-25-13-9-7-10-14-25)37-38-28(20-18-26-15-11-8-12-16-26)22-30(32(35)36)24(4)6-2/h7-16,23-24,27-30H,5-6,17-22H2,1-4H3,(H,33,34)(H,35,36). The van der Waals surface area contributed by atoms with E-state index < -0.39 is 11.9 Å². The Balaban J connectivity index is 2.18. The Bertz CT molecular complexity index is 859. The Morgan fingerprint density at radius 1 is 0.658 bits per heavy atom. The summed E-state index contributed by atoms with van der Waals surface area (Å²) in [7, 11) is 3.58. The Hall–Kier alpha value is -1.92. The van der Waals surface area contributed by atoms with Gasteiger partial charge in [-0.05, 0) is 61.5 Å². The second-order valence-electron chi connectivity index (χ2n) is 10.6. The third-order valence-corrected chi connectivity index (χ3v) is 11.3. The maximum absolute atomic E-state index is 12.2. The van der Waals surface area contributed by atoms with Gasteiger partial charge in [0.1, 0.15) is 0 Å². The molecule has 0 aliphatic heterocycles. The van der Waals surface area contributed by atoms with Crippen LogP contribution in [0.4, 0.5) is 0 Å². The van der Waals surface area contributed by atoms with Crippen molar-refractivity contribution < 1.29 is 19.8 Å². The maximum Gasteiger partial charge on any atom is 0.306 e. The summed E-state index contributed by atoms with van der Waals surface area (Å²) in [5, 5.41) is 20.3. The Kier molecular flexibility index (Phi) is 15.0. The fourth-order valence-electron chi connectivity index (χ4n) is 4.80. The van der Waals surface area contributed by atoms with Crippen molar-refractivity contribution in [3.8, 4) is 0 Å². The molecule has 0 spiro atoms. The van der Waals surface area contributed by atoms with Gasteiger partial charge in [-0.2, -0.15) is 0 Å². The second-order valence-corrected chi connectivity index (χ2v) is 13.5. The number of hydrogen-bond donors (Lipinski definition) is 2. The molecule has 6 atom stereocenters. The molecule has 2 aromatic carbocycles. The van der Waals surface area contributed by atoms with E-state index in [1.54, 1.807) is 21.6 Å². The molecule has 0 aliphatic carbocycles. The Labute approximate surface area is 237 Å². The van der Waals surface area contributed by atoms with E-state index in [4.69, 9.17) is 0 Å². The molecular formula is C32H46O4S2. The third kappa shape index (κ3) is 11.4. The van der Waals surface area contributed by atoms with E-state index in [-0.39, 0.29) is 34.2 Å². The topological polar surface area (TPSA) is 74.6 Å². The summed E-state index contributed by atoms with van der Waals surface area (Å²) < 4.78 is 0. The first kappa shape index (κ1) is 32.3. The zero-order valence-corrected chi connectivity index (χ0v) is 25.1. The summed E-state index contributed by atoms with van der Waals surface area (Å²) in [5.74, 6) is -1.93. The highest BCUT2D eigenvalue weighted by atomic mass is 33.1. The molecule has 0 aromatic heterocycles. The minimum atomic E-state index is -0.710. The van der Waals surface area contributed by atoms with Crippen LogP contribution in [0, 0.1) is 23.7 Å². The molecule has 0 radical (unpaired) electrons. The second kappa shape index (κ2) is 17.6. The predicted octanol–water partition coefficient (Wildman–Crippen LogP) is 8.64. The van der Waals surface area contributed by atoms with Crippen LogP contribution in [0.1, 0.15) is 77.3 Å². The van der Waals surface area contributed by atoms with Gasteiger partial charge in [-0.15, -0.1) is 0 Å². The smallest absolute Gasteiger partial charge is 0.306 e. The van der Waals surface area contributed by atoms with E-state index in [1.807, 2.05) is 50.2 Å². The fourth-order valence-corrected chi connectivity index (χ4v) is 8.11. The van der Waals surface area contributed by atoms with Crippen molar-refractivity contribution in [2.75, 3.05) is 0 Å². The largest absolute Gasteiger partial charge is 0.481 e. The molecule has 6 heteroatoms. The summed E-state index contributed by atoms with van der Waals surface area (Å²) in [6.07, 6.45) is 6.57. The first-order chi connectivity index (χ1) is 18.2. The van der Waals surface area contributed by atoms with Gasteiger partial charge < -0.3 is 10.2 Å². The van der Waals surface area contributed by atoms with Crippen LogP contribution in [-0.2, 0) is 22.4 Å². The number of carboxylic acids is 2. The average Bonchev–Trinajstić information content (AvgIpc) is 2.93. The van der Waals surface area contributed by atoms with Crippen molar-refractivity contribution in [2.24, 2.45) is 23.7 Å². The molecule has 0 heterocycles. The van der Waals surface area contributed by atoms with Crippen LogP contribution in [-0.4, -0.2) is 32.7 Å². The molecule has 0 fully saturated rings. The van der Waals surface area contributed by atoms with Crippen LogP contribution < -0.4 is 0 Å². The quantitative estimate of drug-likeness (QED) is 0.168. The summed E-state index contributed by atoms with van der Waals surface area (Å²) in [5.41, 5.74) is 2.53. The highest BCUT2D eigenvalue weighted by Crippen LogP contribution is 2.42. The summed E-state index contributed by atoms with van der Waals surface area (Å²) in [6, 6.07) is 20.7. The highest BCUT2D eigenvalue weighted by Gasteiger charge is 2.30. The lowest BCUT2D eigenvalue weighted by Gasteiger charge is -2.28. The van der Waals surface area contributed by atoms with Gasteiger partial charge in [0, 0.05) is 10.5 Å². The number of benzene rings is 2. The van der Waals surface area contributed by atoms with Gasteiger partial charge in [0.15, 0.2) is 0 Å². The molecule has 4 nitrogen and oxygen atoms in total. The fraction of sp³-hybridized carbons (Fsp3) is 0.562. The normalized spacial score (nSPS) is 16.2. The number of aryl methyl sites for hydroxylation is 2. The predicted molar refractivity (Wildman–Crippen MR) is 163 cm³/mol. The van der Waals surface area contributed by atoms with Gasteiger partial charge in [-0.25, -0.2) is 0 Å². The molecule has 210 valence electrons. The number of aliphatic carboxylic acids is 2. The zero-order chi connectivity index (χ0) is 27.9. The minimum Gasteiger partial charge on any atom is -0.481 e. The van der Waals surface area contributed by atoms with Gasteiger partial charge >= 0.3 is 11.9 Å². The summed E-state index contributed by atoms with van der Waals surface area (Å²) in [4.78, 5) is 24.3. The van der Waals surface area contributed by atoms with Gasteiger partial charge in [0.05, 0.1) is 11.8 Å². The zero-order valence-electron chi connectivity index (χ0n) is 23.4. The van der Waals surface area contributed by atoms with Crippen molar-refractivity contribution >= 4 is 33.5 Å². The molecular weight excluding hydrogens is 512 g/mol. The average molecular weight is 559 g/mol. The molecule has 6 unspecified atom stereocenters. The number of carboxylic acid groups (broad SMARTS) is 2. The summed E-state index contributed by atoms with van der Waals surface area (Å²) in [6.45, 7) is 8.19. The third-order valence-electron chi connectivity index (χ3n) is 7.85. The molecule has 0 bridgehead atoms. The SMILES string of the molecule is CCC(C)C(CC(CCc1ccccc1)SSC(CCc1ccccc1)CC(C(=O)O)C(C)CC)C(=O)O.